The van der Waals surface area contributed by atoms with Crippen LogP contribution in [0.5, 0.6) is 0 Å². The zero-order valence-electron chi connectivity index (χ0n) is 13.1. The molecule has 1 aromatic rings. The topological polar surface area (TPSA) is 40.5 Å². The lowest BCUT2D eigenvalue weighted by Crippen LogP contribution is -2.43. The van der Waals surface area contributed by atoms with Gasteiger partial charge in [0.05, 0.1) is 18.1 Å². The third-order valence-electron chi connectivity index (χ3n) is 5.66. The highest BCUT2D eigenvalue weighted by atomic mass is 16.3. The molecule has 3 atom stereocenters. The number of amides is 1. The molecular weight excluding hydrogens is 274 g/mol. The van der Waals surface area contributed by atoms with Crippen molar-refractivity contribution in [3.63, 3.8) is 0 Å². The normalized spacial score (nSPS) is 30.9. The third-order valence-corrected chi connectivity index (χ3v) is 5.66. The van der Waals surface area contributed by atoms with Crippen molar-refractivity contribution in [1.82, 2.24) is 4.90 Å². The first-order valence-electron chi connectivity index (χ1n) is 8.84. The molecule has 3 heteroatoms. The van der Waals surface area contributed by atoms with Crippen molar-refractivity contribution < 1.29 is 9.90 Å². The molecule has 0 aliphatic heterocycles. The van der Waals surface area contributed by atoms with Crippen LogP contribution in [0.2, 0.25) is 0 Å². The highest BCUT2D eigenvalue weighted by Crippen LogP contribution is 2.43. The molecule has 1 amide bonds. The quantitative estimate of drug-likeness (QED) is 0.931. The third kappa shape index (κ3) is 2.45. The van der Waals surface area contributed by atoms with Gasteiger partial charge in [-0.1, -0.05) is 24.3 Å². The smallest absolute Gasteiger partial charge is 0.229 e. The summed E-state index contributed by atoms with van der Waals surface area (Å²) in [5.41, 5.74) is 2.76. The molecule has 118 valence electrons. The molecule has 3 nitrogen and oxygen atoms in total. The van der Waals surface area contributed by atoms with Gasteiger partial charge in [-0.3, -0.25) is 4.79 Å². The molecule has 0 aromatic heterocycles. The van der Waals surface area contributed by atoms with Gasteiger partial charge in [0.15, 0.2) is 0 Å². The van der Waals surface area contributed by atoms with Gasteiger partial charge in [0, 0.05) is 6.04 Å². The average molecular weight is 299 g/mol. The fourth-order valence-corrected chi connectivity index (χ4v) is 4.38. The maximum atomic E-state index is 13.1. The molecule has 0 radical (unpaired) electrons. The van der Waals surface area contributed by atoms with Gasteiger partial charge in [-0.15, -0.1) is 0 Å². The zero-order chi connectivity index (χ0) is 15.1. The van der Waals surface area contributed by atoms with E-state index in [1.807, 2.05) is 0 Å². The Labute approximate surface area is 132 Å². The van der Waals surface area contributed by atoms with E-state index >= 15 is 0 Å². The number of carbonyl (C=O) groups excluding carboxylic acids is 1. The van der Waals surface area contributed by atoms with Crippen LogP contribution in [0.25, 0.3) is 0 Å². The molecular formula is C19H25NO2. The van der Waals surface area contributed by atoms with Crippen LogP contribution in [0.3, 0.4) is 0 Å². The predicted octanol–water partition coefficient (Wildman–Crippen LogP) is 3.22. The van der Waals surface area contributed by atoms with Crippen LogP contribution in [-0.4, -0.2) is 28.1 Å². The summed E-state index contributed by atoms with van der Waals surface area (Å²) in [6.45, 7) is 0. The van der Waals surface area contributed by atoms with Crippen molar-refractivity contribution in [2.75, 3.05) is 0 Å². The maximum Gasteiger partial charge on any atom is 0.229 e. The number of rotatable bonds is 3. The van der Waals surface area contributed by atoms with Gasteiger partial charge in [0.2, 0.25) is 5.91 Å². The van der Waals surface area contributed by atoms with Crippen LogP contribution in [0, 0.1) is 5.92 Å². The highest BCUT2D eigenvalue weighted by Gasteiger charge is 2.44. The lowest BCUT2D eigenvalue weighted by atomic mass is 9.86. The zero-order valence-corrected chi connectivity index (χ0v) is 13.1. The van der Waals surface area contributed by atoms with Crippen molar-refractivity contribution in [2.45, 2.75) is 69.6 Å². The van der Waals surface area contributed by atoms with E-state index in [9.17, 15) is 9.90 Å². The Balaban J connectivity index is 1.64. The van der Waals surface area contributed by atoms with E-state index in [0.717, 1.165) is 51.4 Å². The van der Waals surface area contributed by atoms with Crippen LogP contribution in [0.15, 0.2) is 24.3 Å². The minimum atomic E-state index is -0.424. The van der Waals surface area contributed by atoms with Crippen LogP contribution >= 0.6 is 0 Å². The molecule has 2 saturated carbocycles. The molecule has 1 aromatic carbocycles. The summed E-state index contributed by atoms with van der Waals surface area (Å²) in [5, 5.41) is 10.2. The van der Waals surface area contributed by atoms with E-state index in [2.05, 4.69) is 29.2 Å². The first kappa shape index (κ1) is 14.3. The van der Waals surface area contributed by atoms with Crippen molar-refractivity contribution in [1.29, 1.82) is 0 Å². The second kappa shape index (κ2) is 5.69. The molecule has 0 spiro atoms. The number of benzene rings is 1. The predicted molar refractivity (Wildman–Crippen MR) is 85.3 cm³/mol. The summed E-state index contributed by atoms with van der Waals surface area (Å²) >= 11 is 0. The average Bonchev–Trinajstić information content (AvgIpc) is 3.28. The molecule has 0 saturated heterocycles. The van der Waals surface area contributed by atoms with E-state index in [4.69, 9.17) is 0 Å². The first-order valence-corrected chi connectivity index (χ1v) is 8.84. The molecule has 0 bridgehead atoms. The van der Waals surface area contributed by atoms with Gasteiger partial charge in [-0.05, 0) is 62.5 Å². The molecule has 3 unspecified atom stereocenters. The molecule has 2 fully saturated rings. The number of aliphatic hydroxyl groups excluding tert-OH is 1. The molecule has 22 heavy (non-hydrogen) atoms. The fraction of sp³-hybridized carbons (Fsp3) is 0.632. The molecule has 1 N–H and O–H groups in total. The first-order chi connectivity index (χ1) is 10.8. The lowest BCUT2D eigenvalue weighted by molar-refractivity contribution is -0.142. The van der Waals surface area contributed by atoms with Gasteiger partial charge >= 0.3 is 0 Å². The summed E-state index contributed by atoms with van der Waals surface area (Å²) in [5.74, 6) is 0.0592. The standard InChI is InChI=1S/C19H25NO2/c21-18-10-4-8-16(18)19(22)20(14-11-12-14)17-9-3-6-13-5-1-2-7-15(13)17/h1-2,5,7,14,16-18,21H,3-4,6,8-12H2. The van der Waals surface area contributed by atoms with E-state index < -0.39 is 6.10 Å². The van der Waals surface area contributed by atoms with Crippen LogP contribution < -0.4 is 0 Å². The van der Waals surface area contributed by atoms with E-state index in [0.29, 0.717) is 6.04 Å². The Hall–Kier alpha value is -1.35. The second-order valence-corrected chi connectivity index (χ2v) is 7.19. The number of nitrogens with zero attached hydrogens (tertiary/aromatic N) is 1. The second-order valence-electron chi connectivity index (χ2n) is 7.19. The van der Waals surface area contributed by atoms with E-state index in [1.165, 1.54) is 11.1 Å². The van der Waals surface area contributed by atoms with Crippen molar-refractivity contribution in [3.8, 4) is 0 Å². The summed E-state index contributed by atoms with van der Waals surface area (Å²) in [6.07, 6.45) is 7.83. The van der Waals surface area contributed by atoms with Crippen molar-refractivity contribution in [2.24, 2.45) is 5.92 Å². The van der Waals surface area contributed by atoms with Gasteiger partial charge in [0.25, 0.3) is 0 Å². The SMILES string of the molecule is O=C(C1CCCC1O)N(C1CC1)C1CCCc2ccccc21. The number of carbonyl (C=O) groups is 1. The largest absolute Gasteiger partial charge is 0.392 e. The Morgan fingerprint density at radius 2 is 1.86 bits per heavy atom. The summed E-state index contributed by atoms with van der Waals surface area (Å²) in [7, 11) is 0. The maximum absolute atomic E-state index is 13.1. The highest BCUT2D eigenvalue weighted by molar-refractivity contribution is 5.81. The number of fused-ring (bicyclic) bond motifs is 1. The summed E-state index contributed by atoms with van der Waals surface area (Å²) in [4.78, 5) is 15.3. The number of aliphatic hydroxyl groups is 1. The fourth-order valence-electron chi connectivity index (χ4n) is 4.38. The van der Waals surface area contributed by atoms with Gasteiger partial charge < -0.3 is 10.0 Å². The van der Waals surface area contributed by atoms with Gasteiger partial charge in [-0.25, -0.2) is 0 Å². The Kier molecular flexibility index (Phi) is 3.69. The Morgan fingerprint density at radius 3 is 2.59 bits per heavy atom. The van der Waals surface area contributed by atoms with Crippen LogP contribution in [-0.2, 0) is 11.2 Å². The Morgan fingerprint density at radius 1 is 1.05 bits per heavy atom. The molecule has 4 rings (SSSR count). The van der Waals surface area contributed by atoms with Gasteiger partial charge in [0.1, 0.15) is 0 Å². The van der Waals surface area contributed by atoms with Crippen LogP contribution in [0.4, 0.5) is 0 Å². The lowest BCUT2D eigenvalue weighted by Gasteiger charge is -2.38. The molecule has 3 aliphatic rings. The number of hydrogen-bond acceptors (Lipinski definition) is 2. The number of aryl methyl sites for hydroxylation is 1. The van der Waals surface area contributed by atoms with Crippen LogP contribution in [0.1, 0.15) is 62.1 Å². The van der Waals surface area contributed by atoms with E-state index in [-0.39, 0.29) is 17.9 Å². The van der Waals surface area contributed by atoms with Crippen molar-refractivity contribution >= 4 is 5.91 Å². The Bertz CT molecular complexity index is 566. The van der Waals surface area contributed by atoms with E-state index in [1.54, 1.807) is 0 Å². The minimum absolute atomic E-state index is 0.158. The molecule has 3 aliphatic carbocycles. The van der Waals surface area contributed by atoms with Gasteiger partial charge in [-0.2, -0.15) is 0 Å². The minimum Gasteiger partial charge on any atom is -0.392 e. The summed E-state index contributed by atoms with van der Waals surface area (Å²) < 4.78 is 0. The van der Waals surface area contributed by atoms with Crippen molar-refractivity contribution in [3.05, 3.63) is 35.4 Å². The number of hydrogen-bond donors (Lipinski definition) is 1. The summed E-state index contributed by atoms with van der Waals surface area (Å²) in [6, 6.07) is 9.26. The molecule has 0 heterocycles. The monoisotopic (exact) mass is 299 g/mol.